The van der Waals surface area contributed by atoms with Crippen molar-refractivity contribution in [3.8, 4) is 0 Å². The third kappa shape index (κ3) is 2.74. The van der Waals surface area contributed by atoms with Gasteiger partial charge in [0.2, 0.25) is 0 Å². The Labute approximate surface area is 100 Å². The molecule has 0 amide bonds. The monoisotopic (exact) mass is 260 g/mol. The number of nitrogens with zero attached hydrogens (tertiary/aromatic N) is 1. The Morgan fingerprint density at radius 2 is 2.06 bits per heavy atom. The van der Waals surface area contributed by atoms with E-state index in [0.717, 1.165) is 15.7 Å². The second-order valence-corrected chi connectivity index (χ2v) is 8.37. The zero-order valence-electron chi connectivity index (χ0n) is 9.70. The summed E-state index contributed by atoms with van der Waals surface area (Å²) in [6.45, 7) is 6.18. The third-order valence-corrected chi connectivity index (χ3v) is 5.01. The molecule has 0 saturated heterocycles. The van der Waals surface area contributed by atoms with Crippen molar-refractivity contribution in [2.45, 2.75) is 38.5 Å². The maximum atomic E-state index is 11.5. The minimum Gasteiger partial charge on any atom is -0.357 e. The normalized spacial score (nSPS) is 19.2. The van der Waals surface area contributed by atoms with Crippen molar-refractivity contribution < 1.29 is 8.42 Å². The second-order valence-electron chi connectivity index (χ2n) is 5.11. The Morgan fingerprint density at radius 3 is 2.69 bits per heavy atom. The van der Waals surface area contributed by atoms with Crippen LogP contribution in [0, 0.1) is 0 Å². The number of hydrogen-bond donors (Lipinski definition) is 1. The van der Waals surface area contributed by atoms with Gasteiger partial charge in [-0.05, 0) is 20.8 Å². The first kappa shape index (κ1) is 11.9. The van der Waals surface area contributed by atoms with E-state index < -0.39 is 9.84 Å². The smallest absolute Gasteiger partial charge is 0.183 e. The number of nitrogens with one attached hydrogen (secondary N) is 1. The molecule has 0 radical (unpaired) electrons. The van der Waals surface area contributed by atoms with Crippen LogP contribution >= 0.6 is 11.3 Å². The molecule has 1 aromatic rings. The van der Waals surface area contributed by atoms with Gasteiger partial charge in [-0.2, -0.15) is 0 Å². The summed E-state index contributed by atoms with van der Waals surface area (Å²) in [5.74, 6) is 0.393. The average Bonchev–Trinajstić information content (AvgIpc) is 2.40. The van der Waals surface area contributed by atoms with Gasteiger partial charge in [0.15, 0.2) is 15.0 Å². The van der Waals surface area contributed by atoms with E-state index in [4.69, 9.17) is 0 Å². The molecule has 4 nitrogen and oxygen atoms in total. The second kappa shape index (κ2) is 3.70. The molecule has 0 aromatic carbocycles. The number of rotatable bonds is 1. The average molecular weight is 260 g/mol. The number of thiazole rings is 1. The predicted octanol–water partition coefficient (Wildman–Crippen LogP) is 1.82. The van der Waals surface area contributed by atoms with Gasteiger partial charge in [0, 0.05) is 16.8 Å². The van der Waals surface area contributed by atoms with Crippen LogP contribution in [-0.2, 0) is 22.0 Å². The van der Waals surface area contributed by atoms with Gasteiger partial charge in [-0.25, -0.2) is 13.4 Å². The Hall–Kier alpha value is -0.620. The third-order valence-electron chi connectivity index (χ3n) is 2.26. The van der Waals surface area contributed by atoms with E-state index in [1.165, 1.54) is 11.3 Å². The summed E-state index contributed by atoms with van der Waals surface area (Å²) in [5, 5.41) is 4.11. The molecule has 0 saturated carbocycles. The number of fused-ring (bicyclic) bond motifs is 1. The summed E-state index contributed by atoms with van der Waals surface area (Å²) in [6, 6.07) is 0. The van der Waals surface area contributed by atoms with Gasteiger partial charge < -0.3 is 5.32 Å². The fraction of sp³-hybridized carbons (Fsp3) is 0.700. The number of sulfone groups is 1. The standard InChI is InChI=1S/C10H16N2O2S2/c1-10(2,3)12-9-11-7-4-5-16(13,14)6-8(7)15-9/h4-6H2,1-3H3,(H,11,12). The van der Waals surface area contributed by atoms with Crippen LogP contribution in [0.2, 0.25) is 0 Å². The van der Waals surface area contributed by atoms with E-state index in [1.807, 2.05) is 0 Å². The van der Waals surface area contributed by atoms with Crippen LogP contribution in [0.5, 0.6) is 0 Å². The molecule has 1 N–H and O–H groups in total. The highest BCUT2D eigenvalue weighted by Gasteiger charge is 2.25. The highest BCUT2D eigenvalue weighted by Crippen LogP contribution is 2.30. The van der Waals surface area contributed by atoms with Crippen LogP contribution in [0.3, 0.4) is 0 Å². The molecule has 1 aromatic heterocycles. The van der Waals surface area contributed by atoms with Crippen LogP contribution in [0.25, 0.3) is 0 Å². The first-order valence-corrected chi connectivity index (χ1v) is 7.86. The van der Waals surface area contributed by atoms with Gasteiger partial charge in [-0.15, -0.1) is 11.3 Å². The molecule has 0 bridgehead atoms. The summed E-state index contributed by atoms with van der Waals surface area (Å²) in [4.78, 5) is 5.35. The molecule has 2 heterocycles. The largest absolute Gasteiger partial charge is 0.357 e. The van der Waals surface area contributed by atoms with E-state index in [1.54, 1.807) is 0 Å². The summed E-state index contributed by atoms with van der Waals surface area (Å²) in [7, 11) is -2.88. The number of aryl methyl sites for hydroxylation is 1. The highest BCUT2D eigenvalue weighted by molar-refractivity contribution is 7.90. The molecule has 2 rings (SSSR count). The minimum absolute atomic E-state index is 0.0423. The van der Waals surface area contributed by atoms with E-state index in [-0.39, 0.29) is 17.0 Å². The maximum absolute atomic E-state index is 11.5. The first-order chi connectivity index (χ1) is 7.25. The molecule has 0 atom stereocenters. The lowest BCUT2D eigenvalue weighted by molar-refractivity contribution is 0.591. The van der Waals surface area contributed by atoms with Crippen LogP contribution in [0.4, 0.5) is 5.13 Å². The Morgan fingerprint density at radius 1 is 1.38 bits per heavy atom. The summed E-state index contributed by atoms with van der Waals surface area (Å²) >= 11 is 1.46. The highest BCUT2D eigenvalue weighted by atomic mass is 32.2. The van der Waals surface area contributed by atoms with Gasteiger partial charge in [-0.3, -0.25) is 0 Å². The molecule has 1 aliphatic rings. The molecular weight excluding hydrogens is 244 g/mol. The zero-order chi connectivity index (χ0) is 12.0. The van der Waals surface area contributed by atoms with E-state index in [9.17, 15) is 8.42 Å². The van der Waals surface area contributed by atoms with Gasteiger partial charge in [0.25, 0.3) is 0 Å². The molecule has 0 aliphatic carbocycles. The molecule has 6 heteroatoms. The minimum atomic E-state index is -2.88. The molecule has 0 fully saturated rings. The maximum Gasteiger partial charge on any atom is 0.183 e. The zero-order valence-corrected chi connectivity index (χ0v) is 11.3. The van der Waals surface area contributed by atoms with Crippen LogP contribution < -0.4 is 5.32 Å². The van der Waals surface area contributed by atoms with Crippen molar-refractivity contribution in [1.82, 2.24) is 4.98 Å². The van der Waals surface area contributed by atoms with Gasteiger partial charge in [-0.1, -0.05) is 0 Å². The topological polar surface area (TPSA) is 59.1 Å². The van der Waals surface area contributed by atoms with E-state index in [2.05, 4.69) is 31.1 Å². The Kier molecular flexibility index (Phi) is 2.74. The fourth-order valence-electron chi connectivity index (χ4n) is 1.59. The number of aromatic nitrogens is 1. The lowest BCUT2D eigenvalue weighted by atomic mass is 10.1. The van der Waals surface area contributed by atoms with E-state index >= 15 is 0 Å². The lowest BCUT2D eigenvalue weighted by Gasteiger charge is -2.19. The molecule has 16 heavy (non-hydrogen) atoms. The van der Waals surface area contributed by atoms with E-state index in [0.29, 0.717) is 6.42 Å². The molecular formula is C10H16N2O2S2. The molecule has 1 aliphatic heterocycles. The lowest BCUT2D eigenvalue weighted by Crippen LogP contribution is -2.25. The SMILES string of the molecule is CC(C)(C)Nc1nc2c(s1)CS(=O)(=O)CC2. The van der Waals surface area contributed by atoms with Crippen LogP contribution in [0.1, 0.15) is 31.3 Å². The Bertz CT molecular complexity index is 497. The van der Waals surface area contributed by atoms with Gasteiger partial charge >= 0.3 is 0 Å². The van der Waals surface area contributed by atoms with Gasteiger partial charge in [0.1, 0.15) is 0 Å². The first-order valence-electron chi connectivity index (χ1n) is 5.22. The van der Waals surface area contributed by atoms with Gasteiger partial charge in [0.05, 0.1) is 17.2 Å². The number of anilines is 1. The van der Waals surface area contributed by atoms with Crippen molar-refractivity contribution in [1.29, 1.82) is 0 Å². The molecule has 0 spiro atoms. The Balaban J connectivity index is 2.25. The summed E-state index contributed by atoms with van der Waals surface area (Å²) in [5.41, 5.74) is 0.908. The fourth-order valence-corrected chi connectivity index (χ4v) is 4.59. The van der Waals surface area contributed by atoms with Crippen molar-refractivity contribution in [3.05, 3.63) is 10.6 Å². The van der Waals surface area contributed by atoms with Crippen molar-refractivity contribution in [2.24, 2.45) is 0 Å². The van der Waals surface area contributed by atoms with Crippen molar-refractivity contribution in [2.75, 3.05) is 11.1 Å². The molecule has 90 valence electrons. The number of hydrogen-bond acceptors (Lipinski definition) is 5. The molecule has 0 unspecified atom stereocenters. The predicted molar refractivity (Wildman–Crippen MR) is 66.7 cm³/mol. The quantitative estimate of drug-likeness (QED) is 0.837. The van der Waals surface area contributed by atoms with Crippen LogP contribution in [-0.4, -0.2) is 24.7 Å². The van der Waals surface area contributed by atoms with Crippen LogP contribution in [0.15, 0.2) is 0 Å². The van der Waals surface area contributed by atoms with Crippen molar-refractivity contribution >= 4 is 26.3 Å². The van der Waals surface area contributed by atoms with Crippen molar-refractivity contribution in [3.63, 3.8) is 0 Å². The summed E-state index contributed by atoms with van der Waals surface area (Å²) in [6.07, 6.45) is 0.556. The summed E-state index contributed by atoms with van der Waals surface area (Å²) < 4.78 is 22.9.